The molecule has 1 heterocycles. The first-order valence-electron chi connectivity index (χ1n) is 10.0. The fourth-order valence-electron chi connectivity index (χ4n) is 3.39. The lowest BCUT2D eigenvalue weighted by molar-refractivity contribution is 0.104. The Morgan fingerprint density at radius 1 is 0.906 bits per heavy atom. The molecule has 4 rings (SSSR count). The Kier molecular flexibility index (Phi) is 6.03. The molecule has 4 aromatic rings. The van der Waals surface area contributed by atoms with Crippen LogP contribution < -0.4 is 15.2 Å². The van der Waals surface area contributed by atoms with E-state index < -0.39 is 0 Å². The number of carbonyl (C=O) groups excluding carboxylic acids is 1. The first-order valence-corrected chi connectivity index (χ1v) is 10.0. The number of carbonyl (C=O) groups is 1. The second-order valence-electron chi connectivity index (χ2n) is 7.07. The van der Waals surface area contributed by atoms with Gasteiger partial charge in [-0.25, -0.2) is 4.79 Å². The van der Waals surface area contributed by atoms with Gasteiger partial charge in [-0.1, -0.05) is 54.6 Å². The number of aromatic nitrogens is 2. The SMILES string of the molecule is COc1ccc(C=CC(=O)c2cccc(-n3cc(-c4ccccc4)[nH]c3=O)c2)cc1OC. The van der Waals surface area contributed by atoms with Gasteiger partial charge in [0.2, 0.25) is 0 Å². The van der Waals surface area contributed by atoms with Crippen molar-refractivity contribution in [1.82, 2.24) is 9.55 Å². The molecular weight excluding hydrogens is 404 g/mol. The highest BCUT2D eigenvalue weighted by atomic mass is 16.5. The van der Waals surface area contributed by atoms with E-state index in [0.717, 1.165) is 11.1 Å². The number of allylic oxidation sites excluding steroid dienone is 1. The number of hydrogen-bond donors (Lipinski definition) is 1. The van der Waals surface area contributed by atoms with Crippen molar-refractivity contribution in [3.8, 4) is 28.4 Å². The summed E-state index contributed by atoms with van der Waals surface area (Å²) in [6, 6.07) is 22.0. The lowest BCUT2D eigenvalue weighted by Crippen LogP contribution is -2.14. The minimum atomic E-state index is -0.269. The number of aromatic amines is 1. The third-order valence-electron chi connectivity index (χ3n) is 5.05. The molecule has 0 radical (unpaired) electrons. The molecule has 0 saturated heterocycles. The number of nitrogens with zero attached hydrogens (tertiary/aromatic N) is 1. The van der Waals surface area contributed by atoms with E-state index in [1.807, 2.05) is 36.4 Å². The number of rotatable bonds is 7. The van der Waals surface area contributed by atoms with E-state index in [1.54, 1.807) is 62.9 Å². The van der Waals surface area contributed by atoms with Crippen LogP contribution in [-0.4, -0.2) is 29.6 Å². The zero-order valence-electron chi connectivity index (χ0n) is 17.7. The number of nitrogens with one attached hydrogen (secondary N) is 1. The maximum atomic E-state index is 12.8. The number of ether oxygens (including phenoxy) is 2. The van der Waals surface area contributed by atoms with Gasteiger partial charge in [-0.15, -0.1) is 0 Å². The highest BCUT2D eigenvalue weighted by molar-refractivity contribution is 6.07. The van der Waals surface area contributed by atoms with E-state index in [9.17, 15) is 9.59 Å². The van der Waals surface area contributed by atoms with Gasteiger partial charge < -0.3 is 14.5 Å². The first-order chi connectivity index (χ1) is 15.6. The van der Waals surface area contributed by atoms with Crippen LogP contribution in [0.5, 0.6) is 11.5 Å². The average Bonchev–Trinajstić information content (AvgIpc) is 3.24. The predicted molar refractivity (Wildman–Crippen MR) is 125 cm³/mol. The number of hydrogen-bond acceptors (Lipinski definition) is 4. The van der Waals surface area contributed by atoms with Gasteiger partial charge in [-0.3, -0.25) is 9.36 Å². The quantitative estimate of drug-likeness (QED) is 0.342. The molecule has 0 unspecified atom stereocenters. The second kappa shape index (κ2) is 9.22. The first kappa shape index (κ1) is 20.9. The molecule has 6 nitrogen and oxygen atoms in total. The smallest absolute Gasteiger partial charge is 0.330 e. The Hall–Kier alpha value is -4.32. The summed E-state index contributed by atoms with van der Waals surface area (Å²) in [7, 11) is 3.14. The van der Waals surface area contributed by atoms with Gasteiger partial charge in [0, 0.05) is 11.8 Å². The third kappa shape index (κ3) is 4.39. The van der Waals surface area contributed by atoms with E-state index >= 15 is 0 Å². The summed E-state index contributed by atoms with van der Waals surface area (Å²) in [6.45, 7) is 0. The summed E-state index contributed by atoms with van der Waals surface area (Å²) < 4.78 is 12.0. The fourth-order valence-corrected chi connectivity index (χ4v) is 3.39. The van der Waals surface area contributed by atoms with E-state index in [0.29, 0.717) is 28.4 Å². The van der Waals surface area contributed by atoms with Crippen molar-refractivity contribution in [1.29, 1.82) is 0 Å². The van der Waals surface area contributed by atoms with Crippen molar-refractivity contribution in [3.05, 3.63) is 107 Å². The van der Waals surface area contributed by atoms with E-state index in [-0.39, 0.29) is 11.5 Å². The third-order valence-corrected chi connectivity index (χ3v) is 5.05. The fraction of sp³-hybridized carbons (Fsp3) is 0.0769. The van der Waals surface area contributed by atoms with Gasteiger partial charge in [0.05, 0.1) is 25.6 Å². The monoisotopic (exact) mass is 426 g/mol. The number of imidazole rings is 1. The summed E-state index contributed by atoms with van der Waals surface area (Å²) in [5.41, 5.74) is 3.25. The second-order valence-corrected chi connectivity index (χ2v) is 7.07. The van der Waals surface area contributed by atoms with Crippen LogP contribution in [0.2, 0.25) is 0 Å². The molecular formula is C26H22N2O4. The lowest BCUT2D eigenvalue weighted by Gasteiger charge is -2.07. The summed E-state index contributed by atoms with van der Waals surface area (Å²) in [5, 5.41) is 0. The molecule has 0 bridgehead atoms. The van der Waals surface area contributed by atoms with Crippen molar-refractivity contribution in [3.63, 3.8) is 0 Å². The largest absolute Gasteiger partial charge is 0.493 e. The number of H-pyrrole nitrogens is 1. The zero-order valence-corrected chi connectivity index (χ0v) is 17.7. The lowest BCUT2D eigenvalue weighted by atomic mass is 10.1. The summed E-state index contributed by atoms with van der Waals surface area (Å²) >= 11 is 0. The average molecular weight is 426 g/mol. The Bertz CT molecular complexity index is 1330. The maximum absolute atomic E-state index is 12.8. The Labute approximate surface area is 185 Å². The summed E-state index contributed by atoms with van der Waals surface area (Å²) in [6.07, 6.45) is 4.95. The van der Waals surface area contributed by atoms with Crippen molar-refractivity contribution in [2.75, 3.05) is 14.2 Å². The molecule has 1 aromatic heterocycles. The molecule has 0 spiro atoms. The molecule has 0 amide bonds. The molecule has 1 N–H and O–H groups in total. The molecule has 3 aromatic carbocycles. The van der Waals surface area contributed by atoms with Crippen LogP contribution in [0.1, 0.15) is 15.9 Å². The van der Waals surface area contributed by atoms with E-state index in [4.69, 9.17) is 9.47 Å². The van der Waals surface area contributed by atoms with Crippen LogP contribution in [0, 0.1) is 0 Å². The number of ketones is 1. The van der Waals surface area contributed by atoms with Gasteiger partial charge in [0.25, 0.3) is 0 Å². The van der Waals surface area contributed by atoms with Crippen molar-refractivity contribution >= 4 is 11.9 Å². The molecule has 0 fully saturated rings. The summed E-state index contributed by atoms with van der Waals surface area (Å²) in [5.74, 6) is 1.04. The Morgan fingerprint density at radius 3 is 2.44 bits per heavy atom. The zero-order chi connectivity index (χ0) is 22.5. The van der Waals surface area contributed by atoms with Gasteiger partial charge in [-0.05, 0) is 41.5 Å². The highest BCUT2D eigenvalue weighted by Crippen LogP contribution is 2.28. The van der Waals surface area contributed by atoms with E-state index in [1.165, 1.54) is 10.6 Å². The Balaban J connectivity index is 1.58. The molecule has 0 aliphatic carbocycles. The molecule has 32 heavy (non-hydrogen) atoms. The van der Waals surface area contributed by atoms with Crippen molar-refractivity contribution < 1.29 is 14.3 Å². The summed E-state index contributed by atoms with van der Waals surface area (Å²) in [4.78, 5) is 28.1. The van der Waals surface area contributed by atoms with Crippen molar-refractivity contribution in [2.45, 2.75) is 0 Å². The molecule has 0 aliphatic rings. The molecule has 0 atom stereocenters. The van der Waals surface area contributed by atoms with Crippen LogP contribution in [-0.2, 0) is 0 Å². The van der Waals surface area contributed by atoms with Crippen LogP contribution in [0.15, 0.2) is 89.9 Å². The van der Waals surface area contributed by atoms with Crippen molar-refractivity contribution in [2.24, 2.45) is 0 Å². The van der Waals surface area contributed by atoms with Gasteiger partial charge in [0.15, 0.2) is 17.3 Å². The van der Waals surface area contributed by atoms with E-state index in [2.05, 4.69) is 4.98 Å². The van der Waals surface area contributed by atoms with Crippen LogP contribution >= 0.6 is 0 Å². The van der Waals surface area contributed by atoms with Crippen LogP contribution in [0.3, 0.4) is 0 Å². The Morgan fingerprint density at radius 2 is 1.69 bits per heavy atom. The van der Waals surface area contributed by atoms with Crippen LogP contribution in [0.4, 0.5) is 0 Å². The minimum Gasteiger partial charge on any atom is -0.493 e. The van der Waals surface area contributed by atoms with Gasteiger partial charge >= 0.3 is 5.69 Å². The predicted octanol–water partition coefficient (Wildman–Crippen LogP) is 4.75. The minimum absolute atomic E-state index is 0.173. The normalized spacial score (nSPS) is 10.9. The number of benzene rings is 3. The molecule has 6 heteroatoms. The van der Waals surface area contributed by atoms with Gasteiger partial charge in [-0.2, -0.15) is 0 Å². The maximum Gasteiger partial charge on any atom is 0.330 e. The highest BCUT2D eigenvalue weighted by Gasteiger charge is 2.10. The number of methoxy groups -OCH3 is 2. The standard InChI is InChI=1S/C26H22N2O4/c1-31-24-14-12-18(15-25(24)32-2)11-13-23(29)20-9-6-10-21(16-20)28-17-22(27-26(28)30)19-7-4-3-5-8-19/h3-17H,1-2H3,(H,27,30). The van der Waals surface area contributed by atoms with Crippen LogP contribution in [0.25, 0.3) is 23.0 Å². The molecule has 0 saturated carbocycles. The van der Waals surface area contributed by atoms with Gasteiger partial charge in [0.1, 0.15) is 0 Å². The topological polar surface area (TPSA) is 73.3 Å². The molecule has 0 aliphatic heterocycles. The molecule has 160 valence electrons.